The van der Waals surface area contributed by atoms with Crippen molar-refractivity contribution in [3.63, 3.8) is 0 Å². The van der Waals surface area contributed by atoms with Crippen molar-refractivity contribution in [3.8, 4) is 0 Å². The molecule has 0 unspecified atom stereocenters. The van der Waals surface area contributed by atoms with Crippen molar-refractivity contribution < 1.29 is 36.6 Å². The fourth-order valence-electron chi connectivity index (χ4n) is 5.32. The molecule has 10 heteroatoms. The summed E-state index contributed by atoms with van der Waals surface area (Å²) in [6.07, 6.45) is -7.15. The van der Waals surface area contributed by atoms with E-state index >= 15 is 0 Å². The van der Waals surface area contributed by atoms with Crippen LogP contribution in [0.5, 0.6) is 0 Å². The lowest BCUT2D eigenvalue weighted by Crippen LogP contribution is -2.68. The molecule has 0 bridgehead atoms. The Morgan fingerprint density at radius 1 is 0.973 bits per heavy atom. The summed E-state index contributed by atoms with van der Waals surface area (Å²) in [5.74, 6) is -3.09. The topological polar surface area (TPSA) is 66.0 Å². The number of carbonyl (C=O) groups excluding carboxylic acids is 1. The van der Waals surface area contributed by atoms with Gasteiger partial charge < -0.3 is 24.0 Å². The number of carbonyl (C=O) groups is 1. The molecule has 2 aliphatic rings. The fourth-order valence-corrected chi connectivity index (χ4v) is 9.89. The van der Waals surface area contributed by atoms with E-state index < -0.39 is 50.5 Å². The Bertz CT molecular complexity index is 1040. The Labute approximate surface area is 216 Å². The second-order valence-corrected chi connectivity index (χ2v) is 15.3. The van der Waals surface area contributed by atoms with E-state index in [2.05, 4.69) is 45.0 Å². The van der Waals surface area contributed by atoms with Crippen LogP contribution in [0.3, 0.4) is 0 Å². The summed E-state index contributed by atoms with van der Waals surface area (Å²) >= 11 is 0. The molecule has 202 valence electrons. The van der Waals surface area contributed by atoms with E-state index in [1.165, 1.54) is 0 Å². The summed E-state index contributed by atoms with van der Waals surface area (Å²) in [5, 5.41) is 3.94. The number of alkyl halides is 3. The summed E-state index contributed by atoms with van der Waals surface area (Å²) in [6.45, 7) is 9.84. The first-order chi connectivity index (χ1) is 17.2. The zero-order chi connectivity index (χ0) is 27.1. The number of nitrogens with one attached hydrogen (secondary N) is 1. The molecule has 37 heavy (non-hydrogen) atoms. The Kier molecular flexibility index (Phi) is 7.62. The fraction of sp³-hybridized carbons (Fsp3) is 0.519. The zero-order valence-electron chi connectivity index (χ0n) is 21.7. The number of fused-ring (bicyclic) bond motifs is 1. The van der Waals surface area contributed by atoms with Crippen LogP contribution < -0.4 is 15.7 Å². The molecule has 6 nitrogen and oxygen atoms in total. The normalized spacial score (nSPS) is 25.9. The Hall–Kier alpha value is -2.24. The highest BCUT2D eigenvalue weighted by molar-refractivity contribution is 6.99. The molecule has 0 spiro atoms. The van der Waals surface area contributed by atoms with Gasteiger partial charge >= 0.3 is 12.1 Å². The molecule has 4 atom stereocenters. The molecule has 4 rings (SSSR count). The molecule has 2 aromatic rings. The van der Waals surface area contributed by atoms with E-state index in [4.69, 9.17) is 18.6 Å². The van der Waals surface area contributed by atoms with Gasteiger partial charge in [0.05, 0.1) is 19.3 Å². The largest absolute Gasteiger partial charge is 0.471 e. The van der Waals surface area contributed by atoms with E-state index in [9.17, 15) is 18.0 Å². The SMILES string of the molecule is CC1(C)O[C@@H]2[C@H](O1)[C@H](NC(=O)C(F)(F)F)CO[C@@H]2CO[Si](c1ccccc1)(c1ccccc1)C(C)(C)C. The number of rotatable bonds is 6. The predicted octanol–water partition coefficient (Wildman–Crippen LogP) is 3.53. The maximum absolute atomic E-state index is 12.9. The first kappa shape index (κ1) is 27.8. The Morgan fingerprint density at radius 3 is 1.97 bits per heavy atom. The summed E-state index contributed by atoms with van der Waals surface area (Å²) in [7, 11) is -2.88. The second kappa shape index (κ2) is 10.1. The standard InChI is InChI=1S/C27H34F3NO5Si/c1-25(2,3)37(18-12-8-6-9-13-18,19-14-10-7-11-15-19)34-17-21-23-22(35-26(4,5)36-23)20(16-33-21)31-24(32)27(28,29)30/h6-15,20-23H,16-17H2,1-5H3,(H,31,32)/t20-,21-,22-,23+/m1/s1. The van der Waals surface area contributed by atoms with E-state index in [0.717, 1.165) is 10.4 Å². The van der Waals surface area contributed by atoms with Crippen LogP contribution in [0.15, 0.2) is 60.7 Å². The number of ether oxygens (including phenoxy) is 3. The molecular formula is C27H34F3NO5Si. The van der Waals surface area contributed by atoms with E-state index in [1.54, 1.807) is 13.8 Å². The van der Waals surface area contributed by atoms with Crippen LogP contribution in [0, 0.1) is 0 Å². The molecule has 1 N–H and O–H groups in total. The van der Waals surface area contributed by atoms with Gasteiger partial charge in [0, 0.05) is 0 Å². The van der Waals surface area contributed by atoms with Gasteiger partial charge in [-0.3, -0.25) is 4.79 Å². The molecule has 0 aromatic heterocycles. The Morgan fingerprint density at radius 2 is 1.49 bits per heavy atom. The van der Waals surface area contributed by atoms with Gasteiger partial charge in [-0.25, -0.2) is 0 Å². The zero-order valence-corrected chi connectivity index (χ0v) is 22.7. The minimum atomic E-state index is -5.01. The molecule has 0 saturated carbocycles. The van der Waals surface area contributed by atoms with E-state index in [-0.39, 0.29) is 18.3 Å². The Balaban J connectivity index is 1.63. The van der Waals surface area contributed by atoms with Crippen LogP contribution >= 0.6 is 0 Å². The highest BCUT2D eigenvalue weighted by atomic mass is 28.4. The molecule has 2 heterocycles. The lowest BCUT2D eigenvalue weighted by Gasteiger charge is -2.45. The lowest BCUT2D eigenvalue weighted by atomic mass is 9.98. The van der Waals surface area contributed by atoms with Crippen molar-refractivity contribution in [1.82, 2.24) is 5.32 Å². The van der Waals surface area contributed by atoms with Crippen molar-refractivity contribution in [2.24, 2.45) is 0 Å². The molecule has 2 saturated heterocycles. The van der Waals surface area contributed by atoms with Crippen molar-refractivity contribution in [3.05, 3.63) is 60.7 Å². The predicted molar refractivity (Wildman–Crippen MR) is 135 cm³/mol. The average molecular weight is 538 g/mol. The van der Waals surface area contributed by atoms with Gasteiger partial charge in [0.15, 0.2) is 5.79 Å². The highest BCUT2D eigenvalue weighted by Crippen LogP contribution is 2.39. The molecule has 0 aliphatic carbocycles. The third-order valence-electron chi connectivity index (χ3n) is 6.87. The van der Waals surface area contributed by atoms with Crippen LogP contribution in [0.25, 0.3) is 0 Å². The quantitative estimate of drug-likeness (QED) is 0.572. The van der Waals surface area contributed by atoms with Crippen molar-refractivity contribution in [2.45, 2.75) is 76.0 Å². The lowest BCUT2D eigenvalue weighted by molar-refractivity contribution is -0.178. The van der Waals surface area contributed by atoms with Crippen LogP contribution in [0.2, 0.25) is 5.04 Å². The maximum atomic E-state index is 12.9. The van der Waals surface area contributed by atoms with Gasteiger partial charge in [0.2, 0.25) is 0 Å². The van der Waals surface area contributed by atoms with Gasteiger partial charge in [-0.05, 0) is 29.3 Å². The van der Waals surface area contributed by atoms with Crippen molar-refractivity contribution >= 4 is 24.6 Å². The summed E-state index contributed by atoms with van der Waals surface area (Å²) < 4.78 is 63.8. The van der Waals surface area contributed by atoms with Crippen LogP contribution in [0.4, 0.5) is 13.2 Å². The molecule has 0 radical (unpaired) electrons. The first-order valence-electron chi connectivity index (χ1n) is 12.3. The van der Waals surface area contributed by atoms with Crippen LogP contribution in [-0.2, 0) is 23.4 Å². The molecule has 2 fully saturated rings. The maximum Gasteiger partial charge on any atom is 0.471 e. The highest BCUT2D eigenvalue weighted by Gasteiger charge is 2.56. The van der Waals surface area contributed by atoms with Gasteiger partial charge in [0.25, 0.3) is 8.32 Å². The third kappa shape index (κ3) is 5.63. The summed E-state index contributed by atoms with van der Waals surface area (Å²) in [6, 6.07) is 19.2. The molecule has 1 amide bonds. The van der Waals surface area contributed by atoms with E-state index in [0.29, 0.717) is 0 Å². The number of benzene rings is 2. The van der Waals surface area contributed by atoms with Crippen molar-refractivity contribution in [2.75, 3.05) is 13.2 Å². The van der Waals surface area contributed by atoms with Gasteiger partial charge in [-0.1, -0.05) is 81.4 Å². The third-order valence-corrected chi connectivity index (χ3v) is 11.9. The van der Waals surface area contributed by atoms with E-state index in [1.807, 2.05) is 41.7 Å². The average Bonchev–Trinajstić information content (AvgIpc) is 3.16. The summed E-state index contributed by atoms with van der Waals surface area (Å²) in [5.41, 5.74) is 0. The number of hydrogen-bond acceptors (Lipinski definition) is 5. The number of halogens is 3. The molecule has 2 aliphatic heterocycles. The molecule has 2 aromatic carbocycles. The van der Waals surface area contributed by atoms with Crippen LogP contribution in [-0.4, -0.2) is 63.8 Å². The number of hydrogen-bond donors (Lipinski definition) is 1. The number of amides is 1. The molecular weight excluding hydrogens is 503 g/mol. The monoisotopic (exact) mass is 537 g/mol. The van der Waals surface area contributed by atoms with Gasteiger partial charge in [0.1, 0.15) is 18.3 Å². The first-order valence-corrected chi connectivity index (χ1v) is 14.3. The van der Waals surface area contributed by atoms with Gasteiger partial charge in [-0.15, -0.1) is 0 Å². The summed E-state index contributed by atoms with van der Waals surface area (Å²) in [4.78, 5) is 11.6. The van der Waals surface area contributed by atoms with Crippen LogP contribution in [0.1, 0.15) is 34.6 Å². The minimum absolute atomic E-state index is 0.147. The minimum Gasteiger partial charge on any atom is -0.405 e. The van der Waals surface area contributed by atoms with Gasteiger partial charge in [-0.2, -0.15) is 13.2 Å². The van der Waals surface area contributed by atoms with Crippen molar-refractivity contribution in [1.29, 1.82) is 0 Å². The second-order valence-electron chi connectivity index (χ2n) is 11.0. The smallest absolute Gasteiger partial charge is 0.405 e.